The molecule has 0 amide bonds. The minimum absolute atomic E-state index is 0.0888. The van der Waals surface area contributed by atoms with Crippen LogP contribution in [0.15, 0.2) is 40.3 Å². The Balaban J connectivity index is 3.18. The smallest absolute Gasteiger partial charge is 0.198 e. The average Bonchev–Trinajstić information content (AvgIpc) is 2.02. The monoisotopic (exact) mass is 215 g/mol. The summed E-state index contributed by atoms with van der Waals surface area (Å²) in [5.41, 5.74) is 0. The summed E-state index contributed by atoms with van der Waals surface area (Å²) in [5.74, 6) is -1.08. The van der Waals surface area contributed by atoms with Crippen molar-refractivity contribution < 1.29 is 17.9 Å². The van der Waals surface area contributed by atoms with Gasteiger partial charge in [0.05, 0.1) is 4.90 Å². The minimum Gasteiger partial charge on any atom is -0.875 e. The van der Waals surface area contributed by atoms with Crippen LogP contribution in [0.4, 0.5) is 4.39 Å². The molecule has 0 fully saturated rings. The molecule has 5 heteroatoms. The Morgan fingerprint density at radius 2 is 1.86 bits per heavy atom. The summed E-state index contributed by atoms with van der Waals surface area (Å²) >= 11 is 0. The Morgan fingerprint density at radius 3 is 2.29 bits per heavy atom. The van der Waals surface area contributed by atoms with Crippen LogP contribution in [-0.2, 0) is 9.84 Å². The second-order valence-electron chi connectivity index (χ2n) is 2.73. The third kappa shape index (κ3) is 2.56. The van der Waals surface area contributed by atoms with Gasteiger partial charge < -0.3 is 5.11 Å². The molecule has 0 aliphatic heterocycles. The van der Waals surface area contributed by atoms with Crippen molar-refractivity contribution in [3.8, 4) is 0 Å². The van der Waals surface area contributed by atoms with Crippen molar-refractivity contribution in [1.82, 2.24) is 0 Å². The maximum Gasteiger partial charge on any atom is 0.198 e. The lowest BCUT2D eigenvalue weighted by molar-refractivity contribution is -0.301. The van der Waals surface area contributed by atoms with Crippen LogP contribution in [0.25, 0.3) is 0 Å². The zero-order valence-electron chi connectivity index (χ0n) is 7.40. The molecule has 0 aliphatic rings. The number of hydrogen-bond acceptors (Lipinski definition) is 3. The van der Waals surface area contributed by atoms with Crippen molar-refractivity contribution in [2.45, 2.75) is 11.8 Å². The Kier molecular flexibility index (Phi) is 2.90. The third-order valence-corrected chi connectivity index (χ3v) is 3.03. The number of allylic oxidation sites excluding steroid dienone is 1. The highest BCUT2D eigenvalue weighted by molar-refractivity contribution is 7.94. The van der Waals surface area contributed by atoms with Gasteiger partial charge in [-0.2, -0.15) is 0 Å². The summed E-state index contributed by atoms with van der Waals surface area (Å²) in [6, 6.07) is 4.29. The van der Waals surface area contributed by atoms with Gasteiger partial charge >= 0.3 is 0 Å². The largest absolute Gasteiger partial charge is 0.875 e. The number of benzene rings is 1. The Hall–Kier alpha value is -1.36. The molecule has 0 saturated carbocycles. The van der Waals surface area contributed by atoms with E-state index in [1.54, 1.807) is 0 Å². The molecule has 0 radical (unpaired) electrons. The predicted molar refractivity (Wildman–Crippen MR) is 47.3 cm³/mol. The predicted octanol–water partition coefficient (Wildman–Crippen LogP) is 0.821. The first-order valence-electron chi connectivity index (χ1n) is 3.78. The molecule has 0 unspecified atom stereocenters. The fourth-order valence-electron chi connectivity index (χ4n) is 0.911. The molecular formula is C9H8FO3S-. The molecule has 1 rings (SSSR count). The molecule has 0 saturated heterocycles. The van der Waals surface area contributed by atoms with Gasteiger partial charge in [0.2, 0.25) is 0 Å². The van der Waals surface area contributed by atoms with Crippen molar-refractivity contribution in [3.05, 3.63) is 41.2 Å². The van der Waals surface area contributed by atoms with Crippen LogP contribution in [0, 0.1) is 5.82 Å². The molecule has 3 nitrogen and oxygen atoms in total. The zero-order valence-corrected chi connectivity index (χ0v) is 8.21. The minimum atomic E-state index is -3.72. The van der Waals surface area contributed by atoms with Crippen LogP contribution in [0.1, 0.15) is 6.92 Å². The fraction of sp³-hybridized carbons (Fsp3) is 0.111. The molecule has 1 aromatic carbocycles. The van der Waals surface area contributed by atoms with Gasteiger partial charge in [0, 0.05) is 5.41 Å². The quantitative estimate of drug-likeness (QED) is 0.542. The summed E-state index contributed by atoms with van der Waals surface area (Å²) in [4.78, 5) is -0.0888. The SMILES string of the molecule is C/C([O-])=C/S(=O)(=O)c1ccc(F)cc1. The van der Waals surface area contributed by atoms with E-state index in [9.17, 15) is 17.9 Å². The van der Waals surface area contributed by atoms with Crippen LogP contribution >= 0.6 is 0 Å². The maximum atomic E-state index is 12.5. The number of hydrogen-bond donors (Lipinski definition) is 0. The van der Waals surface area contributed by atoms with E-state index in [0.29, 0.717) is 5.41 Å². The van der Waals surface area contributed by atoms with Crippen LogP contribution in [-0.4, -0.2) is 8.42 Å². The normalized spacial score (nSPS) is 12.9. The van der Waals surface area contributed by atoms with Crippen molar-refractivity contribution in [1.29, 1.82) is 0 Å². The first-order valence-corrected chi connectivity index (χ1v) is 5.32. The Labute approximate surface area is 81.4 Å². The van der Waals surface area contributed by atoms with Gasteiger partial charge in [-0.05, 0) is 24.3 Å². The number of sulfone groups is 1. The molecule has 0 heterocycles. The summed E-state index contributed by atoms with van der Waals surface area (Å²) in [5, 5.41) is 11.2. The number of halogens is 1. The van der Waals surface area contributed by atoms with E-state index in [1.807, 2.05) is 0 Å². The van der Waals surface area contributed by atoms with Crippen LogP contribution in [0.2, 0.25) is 0 Å². The number of rotatable bonds is 2. The van der Waals surface area contributed by atoms with Gasteiger partial charge in [0.25, 0.3) is 0 Å². The molecule has 76 valence electrons. The second-order valence-corrected chi connectivity index (χ2v) is 4.52. The van der Waals surface area contributed by atoms with Crippen molar-refractivity contribution in [3.63, 3.8) is 0 Å². The standard InChI is InChI=1S/C9H9FO3S/c1-7(11)6-14(12,13)9-4-2-8(10)3-5-9/h2-6,11H,1H3/p-1/b7-6-. The lowest BCUT2D eigenvalue weighted by Crippen LogP contribution is -2.04. The van der Waals surface area contributed by atoms with E-state index < -0.39 is 21.4 Å². The van der Waals surface area contributed by atoms with Gasteiger partial charge in [-0.1, -0.05) is 6.92 Å². The molecular weight excluding hydrogens is 207 g/mol. The summed E-state index contributed by atoms with van der Waals surface area (Å²) in [6.45, 7) is 1.14. The van der Waals surface area contributed by atoms with E-state index in [4.69, 9.17) is 0 Å². The van der Waals surface area contributed by atoms with E-state index in [0.717, 1.165) is 31.2 Å². The molecule has 0 aromatic heterocycles. The molecule has 14 heavy (non-hydrogen) atoms. The van der Waals surface area contributed by atoms with Gasteiger partial charge in [-0.15, -0.1) is 5.76 Å². The van der Waals surface area contributed by atoms with Gasteiger partial charge in [0.1, 0.15) is 5.82 Å². The lowest BCUT2D eigenvalue weighted by Gasteiger charge is -2.04. The summed E-state index contributed by atoms with van der Waals surface area (Å²) < 4.78 is 35.2. The molecule has 0 spiro atoms. The van der Waals surface area contributed by atoms with Crippen LogP contribution in [0.3, 0.4) is 0 Å². The average molecular weight is 215 g/mol. The summed E-state index contributed by atoms with van der Waals surface area (Å²) in [6.07, 6.45) is 0. The lowest BCUT2D eigenvalue weighted by atomic mass is 10.4. The maximum absolute atomic E-state index is 12.5. The fourth-order valence-corrected chi connectivity index (χ4v) is 2.00. The topological polar surface area (TPSA) is 57.2 Å². The second kappa shape index (κ2) is 3.79. The Bertz CT molecular complexity index is 441. The molecule has 0 atom stereocenters. The van der Waals surface area contributed by atoms with E-state index in [1.165, 1.54) is 0 Å². The molecule has 0 aliphatic carbocycles. The van der Waals surface area contributed by atoms with Crippen LogP contribution in [0.5, 0.6) is 0 Å². The van der Waals surface area contributed by atoms with Crippen LogP contribution < -0.4 is 5.11 Å². The zero-order chi connectivity index (χ0) is 10.8. The van der Waals surface area contributed by atoms with Gasteiger partial charge in [-0.3, -0.25) is 0 Å². The molecule has 0 bridgehead atoms. The Morgan fingerprint density at radius 1 is 1.36 bits per heavy atom. The van der Waals surface area contributed by atoms with E-state index >= 15 is 0 Å². The third-order valence-electron chi connectivity index (χ3n) is 1.46. The van der Waals surface area contributed by atoms with Gasteiger partial charge in [0.15, 0.2) is 9.84 Å². The molecule has 1 aromatic rings. The highest BCUT2D eigenvalue weighted by atomic mass is 32.2. The highest BCUT2D eigenvalue weighted by Gasteiger charge is 2.09. The molecule has 0 N–H and O–H groups in total. The summed E-state index contributed by atoms with van der Waals surface area (Å²) in [7, 11) is -3.72. The van der Waals surface area contributed by atoms with Gasteiger partial charge in [-0.25, -0.2) is 12.8 Å². The van der Waals surface area contributed by atoms with Crippen molar-refractivity contribution in [2.24, 2.45) is 0 Å². The first-order chi connectivity index (χ1) is 6.42. The van der Waals surface area contributed by atoms with Crippen molar-refractivity contribution in [2.75, 3.05) is 0 Å². The van der Waals surface area contributed by atoms with E-state index in [2.05, 4.69) is 0 Å². The highest BCUT2D eigenvalue weighted by Crippen LogP contribution is 2.13. The van der Waals surface area contributed by atoms with E-state index in [-0.39, 0.29) is 4.90 Å². The first kappa shape index (κ1) is 10.7. The van der Waals surface area contributed by atoms with Crippen molar-refractivity contribution >= 4 is 9.84 Å².